The Balaban J connectivity index is 1.70. The van der Waals surface area contributed by atoms with Gasteiger partial charge in [-0.1, -0.05) is 30.4 Å². The van der Waals surface area contributed by atoms with Crippen molar-refractivity contribution in [2.75, 3.05) is 11.1 Å². The molecule has 0 saturated heterocycles. The number of aromatic nitrogens is 4. The molecule has 2 heterocycles. The molecule has 0 aliphatic carbocycles. The summed E-state index contributed by atoms with van der Waals surface area (Å²) in [6.07, 6.45) is 0.559. The topological polar surface area (TPSA) is 101 Å². The van der Waals surface area contributed by atoms with Gasteiger partial charge in [0.15, 0.2) is 0 Å². The fourth-order valence-corrected chi connectivity index (χ4v) is 4.36. The minimum atomic E-state index is -3.31. The lowest BCUT2D eigenvalue weighted by Gasteiger charge is -1.97. The molecule has 116 valence electrons. The van der Waals surface area contributed by atoms with Crippen LogP contribution in [-0.2, 0) is 16.4 Å². The Morgan fingerprint density at radius 2 is 2.09 bits per heavy atom. The van der Waals surface area contributed by atoms with Crippen molar-refractivity contribution in [3.05, 3.63) is 30.1 Å². The lowest BCUT2D eigenvalue weighted by molar-refractivity contribution is 0.592. The van der Waals surface area contributed by atoms with Crippen LogP contribution in [0.3, 0.4) is 0 Å². The normalized spacial score (nSPS) is 11.9. The average molecular weight is 337 g/mol. The van der Waals surface area contributed by atoms with Crippen molar-refractivity contribution in [1.82, 2.24) is 20.2 Å². The van der Waals surface area contributed by atoms with Crippen LogP contribution >= 0.6 is 11.3 Å². The third kappa shape index (κ3) is 3.09. The van der Waals surface area contributed by atoms with Gasteiger partial charge in [-0.05, 0) is 18.6 Å². The predicted octanol–water partition coefficient (Wildman–Crippen LogP) is 2.21. The minimum absolute atomic E-state index is 0.0569. The second-order valence-corrected chi connectivity index (χ2v) is 8.01. The molecule has 3 rings (SSSR count). The summed E-state index contributed by atoms with van der Waals surface area (Å²) in [5.74, 6) is 0.847. The molecule has 22 heavy (non-hydrogen) atoms. The van der Waals surface area contributed by atoms with Gasteiger partial charge in [0.1, 0.15) is 5.82 Å². The SMILES string of the molecule is CCCS(=O)(=O)c1nnc(NCc2nc3ccccc3[nH]2)s1. The number of rotatable bonds is 6. The number of imidazole rings is 1. The highest BCUT2D eigenvalue weighted by Crippen LogP contribution is 2.22. The molecular formula is C13H15N5O2S2. The number of benzene rings is 1. The van der Waals surface area contributed by atoms with Gasteiger partial charge in [0.05, 0.1) is 23.3 Å². The molecule has 0 amide bonds. The van der Waals surface area contributed by atoms with Crippen molar-refractivity contribution in [1.29, 1.82) is 0 Å². The lowest BCUT2D eigenvalue weighted by atomic mass is 10.3. The molecule has 0 fully saturated rings. The number of anilines is 1. The van der Waals surface area contributed by atoms with Gasteiger partial charge in [-0.2, -0.15) is 0 Å². The summed E-state index contributed by atoms with van der Waals surface area (Å²) in [7, 11) is -3.31. The van der Waals surface area contributed by atoms with Crippen LogP contribution in [-0.4, -0.2) is 34.3 Å². The number of fused-ring (bicyclic) bond motifs is 1. The first-order valence-electron chi connectivity index (χ1n) is 6.82. The van der Waals surface area contributed by atoms with Crippen LogP contribution in [0.2, 0.25) is 0 Å². The van der Waals surface area contributed by atoms with Gasteiger partial charge < -0.3 is 10.3 Å². The van der Waals surface area contributed by atoms with Crippen molar-refractivity contribution in [2.45, 2.75) is 24.2 Å². The van der Waals surface area contributed by atoms with Crippen molar-refractivity contribution >= 4 is 37.3 Å². The fourth-order valence-electron chi connectivity index (χ4n) is 2.01. The Hall–Kier alpha value is -2.00. The molecule has 9 heteroatoms. The molecule has 0 radical (unpaired) electrons. The fraction of sp³-hybridized carbons (Fsp3) is 0.308. The van der Waals surface area contributed by atoms with E-state index in [0.29, 0.717) is 18.1 Å². The maximum atomic E-state index is 11.9. The maximum Gasteiger partial charge on any atom is 0.234 e. The van der Waals surface area contributed by atoms with Crippen molar-refractivity contribution in [3.63, 3.8) is 0 Å². The van der Waals surface area contributed by atoms with Crippen molar-refractivity contribution in [3.8, 4) is 0 Å². The van der Waals surface area contributed by atoms with Gasteiger partial charge >= 0.3 is 0 Å². The van der Waals surface area contributed by atoms with E-state index in [1.807, 2.05) is 31.2 Å². The zero-order valence-corrected chi connectivity index (χ0v) is 13.5. The standard InChI is InChI=1S/C13H15N5O2S2/c1-2-7-22(19,20)13-18-17-12(21-13)14-8-11-15-9-5-3-4-6-10(9)16-11/h3-6H,2,7-8H2,1H3,(H,14,17)(H,15,16). The third-order valence-corrected chi connectivity index (χ3v) is 6.24. The number of para-hydroxylation sites is 2. The van der Waals surface area contributed by atoms with Crippen LogP contribution in [0.5, 0.6) is 0 Å². The molecule has 0 saturated carbocycles. The maximum absolute atomic E-state index is 11.9. The van der Waals surface area contributed by atoms with E-state index < -0.39 is 9.84 Å². The largest absolute Gasteiger partial charge is 0.353 e. The Morgan fingerprint density at radius 3 is 2.86 bits per heavy atom. The number of aromatic amines is 1. The molecule has 0 aliphatic rings. The second kappa shape index (κ2) is 6.01. The summed E-state index contributed by atoms with van der Waals surface area (Å²) in [6, 6.07) is 7.74. The van der Waals surface area contributed by atoms with Crippen molar-refractivity contribution in [2.24, 2.45) is 0 Å². The summed E-state index contributed by atoms with van der Waals surface area (Å²) >= 11 is 1.04. The van der Waals surface area contributed by atoms with Gasteiger partial charge in [0, 0.05) is 0 Å². The molecule has 2 N–H and O–H groups in total. The molecule has 1 aromatic carbocycles. The zero-order chi connectivity index (χ0) is 15.6. The molecule has 3 aromatic rings. The van der Waals surface area contributed by atoms with E-state index in [0.717, 1.165) is 28.2 Å². The van der Waals surface area contributed by atoms with Gasteiger partial charge in [0.2, 0.25) is 19.3 Å². The van der Waals surface area contributed by atoms with Gasteiger partial charge in [-0.3, -0.25) is 0 Å². The molecule has 7 nitrogen and oxygen atoms in total. The third-order valence-electron chi connectivity index (χ3n) is 2.99. The summed E-state index contributed by atoms with van der Waals surface area (Å²) in [5, 5.41) is 11.1. The molecule has 0 spiro atoms. The van der Waals surface area contributed by atoms with Crippen LogP contribution in [0.4, 0.5) is 5.13 Å². The highest BCUT2D eigenvalue weighted by atomic mass is 32.2. The van der Waals surface area contributed by atoms with E-state index in [1.165, 1.54) is 0 Å². The summed E-state index contributed by atoms with van der Waals surface area (Å²) in [4.78, 5) is 7.62. The predicted molar refractivity (Wildman–Crippen MR) is 85.7 cm³/mol. The van der Waals surface area contributed by atoms with E-state index in [-0.39, 0.29) is 10.1 Å². The number of nitrogens with zero attached hydrogens (tertiary/aromatic N) is 3. The van der Waals surface area contributed by atoms with Gasteiger partial charge in [-0.15, -0.1) is 10.2 Å². The molecule has 0 unspecified atom stereocenters. The van der Waals surface area contributed by atoms with Crippen LogP contribution in [0.15, 0.2) is 28.6 Å². The monoisotopic (exact) mass is 337 g/mol. The number of sulfone groups is 1. The number of hydrogen-bond acceptors (Lipinski definition) is 7. The molecular weight excluding hydrogens is 322 g/mol. The quantitative estimate of drug-likeness (QED) is 0.715. The highest BCUT2D eigenvalue weighted by Gasteiger charge is 2.19. The van der Waals surface area contributed by atoms with Crippen LogP contribution < -0.4 is 5.32 Å². The second-order valence-electron chi connectivity index (χ2n) is 4.75. The van der Waals surface area contributed by atoms with Crippen LogP contribution in [0.1, 0.15) is 19.2 Å². The number of hydrogen-bond donors (Lipinski definition) is 2. The highest BCUT2D eigenvalue weighted by molar-refractivity contribution is 7.93. The van der Waals surface area contributed by atoms with E-state index >= 15 is 0 Å². The average Bonchev–Trinajstić information content (AvgIpc) is 3.12. The van der Waals surface area contributed by atoms with Crippen LogP contribution in [0, 0.1) is 0 Å². The molecule has 2 aromatic heterocycles. The van der Waals surface area contributed by atoms with E-state index in [2.05, 4.69) is 25.5 Å². The first-order valence-corrected chi connectivity index (χ1v) is 9.29. The lowest BCUT2D eigenvalue weighted by Crippen LogP contribution is -2.05. The van der Waals surface area contributed by atoms with Crippen LogP contribution in [0.25, 0.3) is 11.0 Å². The first-order chi connectivity index (χ1) is 10.6. The zero-order valence-electron chi connectivity index (χ0n) is 11.9. The van der Waals surface area contributed by atoms with Crippen molar-refractivity contribution < 1.29 is 8.42 Å². The smallest absolute Gasteiger partial charge is 0.234 e. The summed E-state index contributed by atoms with van der Waals surface area (Å²) in [5.41, 5.74) is 1.85. The van der Waals surface area contributed by atoms with Gasteiger partial charge in [-0.25, -0.2) is 13.4 Å². The Morgan fingerprint density at radius 1 is 1.27 bits per heavy atom. The summed E-state index contributed by atoms with van der Waals surface area (Å²) in [6.45, 7) is 2.25. The van der Waals surface area contributed by atoms with E-state index in [1.54, 1.807) is 0 Å². The van der Waals surface area contributed by atoms with Gasteiger partial charge in [0.25, 0.3) is 0 Å². The minimum Gasteiger partial charge on any atom is -0.353 e. The Labute approximate surface area is 131 Å². The Kier molecular flexibility index (Phi) is 4.08. The van der Waals surface area contributed by atoms with E-state index in [9.17, 15) is 8.42 Å². The molecule has 0 bridgehead atoms. The molecule has 0 aliphatic heterocycles. The van der Waals surface area contributed by atoms with E-state index in [4.69, 9.17) is 0 Å². The number of H-pyrrole nitrogens is 1. The molecule has 0 atom stereocenters. The first kappa shape index (κ1) is 14.9. The number of nitrogens with one attached hydrogen (secondary N) is 2. The Bertz CT molecular complexity index is 852. The summed E-state index contributed by atoms with van der Waals surface area (Å²) < 4.78 is 23.9.